The van der Waals surface area contributed by atoms with E-state index in [9.17, 15) is 0 Å². The first kappa shape index (κ1) is 27.5. The zero-order valence-corrected chi connectivity index (χ0v) is 22.7. The van der Waals surface area contributed by atoms with E-state index < -0.39 is 0 Å². The molecule has 0 spiro atoms. The summed E-state index contributed by atoms with van der Waals surface area (Å²) in [6.45, 7) is 6.74. The second-order valence-corrected chi connectivity index (χ2v) is 9.44. The van der Waals surface area contributed by atoms with Gasteiger partial charge in [0.15, 0.2) is 5.16 Å². The van der Waals surface area contributed by atoms with Crippen LogP contribution >= 0.6 is 11.6 Å². The second kappa shape index (κ2) is 13.3. The van der Waals surface area contributed by atoms with Crippen LogP contribution in [0.4, 0.5) is 11.4 Å². The number of halogens is 1. The summed E-state index contributed by atoms with van der Waals surface area (Å²) >= 11 is 6.39. The number of anilines is 2. The first-order valence-electron chi connectivity index (χ1n) is 12.4. The number of likely N-dealkylation sites (N-methyl/N-ethyl adjacent to an activating group) is 1. The van der Waals surface area contributed by atoms with Crippen molar-refractivity contribution in [3.63, 3.8) is 0 Å². The minimum atomic E-state index is 0.336. The number of nitrogens with zero attached hydrogens (tertiary/aromatic N) is 2. The number of hydrogen-bond acceptors (Lipinski definition) is 6. The smallest absolute Gasteiger partial charge is 0.167 e. The largest absolute Gasteiger partial charge is 0.459 e. The lowest BCUT2D eigenvalue weighted by Gasteiger charge is -2.24. The summed E-state index contributed by atoms with van der Waals surface area (Å²) in [7, 11) is 4.12. The van der Waals surface area contributed by atoms with Crippen molar-refractivity contribution in [2.24, 2.45) is 10.8 Å². The maximum absolute atomic E-state index is 6.39. The lowest BCUT2D eigenvalue weighted by molar-refractivity contribution is 0.424. The van der Waals surface area contributed by atoms with Crippen LogP contribution in [0, 0.1) is 0 Å². The molecule has 0 unspecified atom stereocenters. The van der Waals surface area contributed by atoms with Gasteiger partial charge in [-0.2, -0.15) is 0 Å². The molecule has 0 saturated heterocycles. The fraction of sp³-hybridized carbons (Fsp3) is 0.345. The van der Waals surface area contributed by atoms with E-state index in [2.05, 4.69) is 71.9 Å². The van der Waals surface area contributed by atoms with Crippen LogP contribution in [-0.4, -0.2) is 32.9 Å². The molecule has 7 heteroatoms. The molecule has 2 aromatic rings. The quantitative estimate of drug-likeness (QED) is 0.0756. The maximum Gasteiger partial charge on any atom is 0.167 e. The summed E-state index contributed by atoms with van der Waals surface area (Å²) in [5, 5.41) is 3.65. The van der Waals surface area contributed by atoms with Gasteiger partial charge in [0.05, 0.1) is 0 Å². The van der Waals surface area contributed by atoms with E-state index in [-0.39, 0.29) is 0 Å². The van der Waals surface area contributed by atoms with Crippen LogP contribution in [0.3, 0.4) is 0 Å². The summed E-state index contributed by atoms with van der Waals surface area (Å²) < 4.78 is 6.12. The third-order valence-electron chi connectivity index (χ3n) is 6.24. The SMILES string of the molecule is CCC(C)=C/C=N\C(Cl)=C(/C)Oc1ccc(/C(=C/c2ccc(NN)cc2)CNC)c(N(C)C2CC2)c1. The van der Waals surface area contributed by atoms with Gasteiger partial charge in [0.2, 0.25) is 0 Å². The Hall–Kier alpha value is -3.06. The van der Waals surface area contributed by atoms with Crippen LogP contribution in [-0.2, 0) is 0 Å². The molecule has 0 bridgehead atoms. The van der Waals surface area contributed by atoms with Gasteiger partial charge in [-0.1, -0.05) is 36.2 Å². The van der Waals surface area contributed by atoms with Gasteiger partial charge < -0.3 is 20.4 Å². The van der Waals surface area contributed by atoms with Crippen molar-refractivity contribution >= 4 is 40.8 Å². The number of nitrogen functional groups attached to an aromatic ring is 1. The molecule has 1 aliphatic rings. The Labute approximate surface area is 220 Å². The molecule has 0 aliphatic heterocycles. The Balaban J connectivity index is 1.94. The van der Waals surface area contributed by atoms with Crippen molar-refractivity contribution in [2.75, 3.05) is 31.0 Å². The molecule has 6 nitrogen and oxygen atoms in total. The predicted octanol–water partition coefficient (Wildman–Crippen LogP) is 6.56. The molecule has 36 heavy (non-hydrogen) atoms. The Morgan fingerprint density at radius 1 is 1.19 bits per heavy atom. The van der Waals surface area contributed by atoms with Gasteiger partial charge in [-0.3, -0.25) is 5.84 Å². The number of rotatable bonds is 12. The minimum Gasteiger partial charge on any atom is -0.459 e. The zero-order valence-electron chi connectivity index (χ0n) is 21.9. The predicted molar refractivity (Wildman–Crippen MR) is 156 cm³/mol. The highest BCUT2D eigenvalue weighted by molar-refractivity contribution is 6.30. The summed E-state index contributed by atoms with van der Waals surface area (Å²) in [6, 6.07) is 14.8. The number of benzene rings is 2. The monoisotopic (exact) mass is 507 g/mol. The summed E-state index contributed by atoms with van der Waals surface area (Å²) in [5.74, 6) is 6.81. The van der Waals surface area contributed by atoms with Gasteiger partial charge in [-0.05, 0) is 87.7 Å². The van der Waals surface area contributed by atoms with Gasteiger partial charge in [-0.25, -0.2) is 4.99 Å². The molecule has 1 aliphatic carbocycles. The topological polar surface area (TPSA) is 74.9 Å². The average molecular weight is 508 g/mol. The Morgan fingerprint density at radius 3 is 2.53 bits per heavy atom. The number of hydrogen-bond donors (Lipinski definition) is 3. The van der Waals surface area contributed by atoms with Gasteiger partial charge >= 0.3 is 0 Å². The molecule has 1 saturated carbocycles. The molecular formula is C29H38ClN5O. The Kier molecular flexibility index (Phi) is 10.2. The first-order valence-corrected chi connectivity index (χ1v) is 12.8. The molecular weight excluding hydrogens is 470 g/mol. The number of allylic oxidation sites excluding steroid dienone is 3. The van der Waals surface area contributed by atoms with Crippen LogP contribution in [0.2, 0.25) is 0 Å². The summed E-state index contributed by atoms with van der Waals surface area (Å²) in [4.78, 5) is 6.66. The molecule has 0 atom stereocenters. The lowest BCUT2D eigenvalue weighted by atomic mass is 9.99. The molecule has 192 valence electrons. The number of nitrogens with one attached hydrogen (secondary N) is 2. The highest BCUT2D eigenvalue weighted by Gasteiger charge is 2.28. The molecule has 0 amide bonds. The van der Waals surface area contributed by atoms with Crippen molar-refractivity contribution in [3.8, 4) is 5.75 Å². The molecule has 2 aromatic carbocycles. The number of hydrazine groups is 1. The van der Waals surface area contributed by atoms with Gasteiger partial charge in [0, 0.05) is 48.9 Å². The van der Waals surface area contributed by atoms with Gasteiger partial charge in [0.1, 0.15) is 11.5 Å². The van der Waals surface area contributed by atoms with Gasteiger partial charge in [-0.15, -0.1) is 0 Å². The number of nitrogens with two attached hydrogens (primary N) is 1. The molecule has 0 radical (unpaired) electrons. The highest BCUT2D eigenvalue weighted by Crippen LogP contribution is 2.38. The van der Waals surface area contributed by atoms with E-state index in [1.54, 1.807) is 6.21 Å². The summed E-state index contributed by atoms with van der Waals surface area (Å²) in [6.07, 6.45) is 9.26. The van der Waals surface area contributed by atoms with Crippen molar-refractivity contribution in [1.82, 2.24) is 5.32 Å². The van der Waals surface area contributed by atoms with Crippen molar-refractivity contribution < 1.29 is 4.74 Å². The molecule has 3 rings (SSSR count). The van der Waals surface area contributed by atoms with E-state index in [0.717, 1.165) is 41.2 Å². The van der Waals surface area contributed by atoms with Crippen LogP contribution in [0.5, 0.6) is 5.75 Å². The van der Waals surface area contributed by atoms with Gasteiger partial charge in [0.25, 0.3) is 0 Å². The Morgan fingerprint density at radius 2 is 1.92 bits per heavy atom. The second-order valence-electron chi connectivity index (χ2n) is 9.08. The van der Waals surface area contributed by atoms with Crippen LogP contribution in [0.1, 0.15) is 51.2 Å². The Bertz CT molecular complexity index is 1150. The lowest BCUT2D eigenvalue weighted by Crippen LogP contribution is -2.22. The van der Waals surface area contributed by atoms with Crippen molar-refractivity contribution in [3.05, 3.63) is 76.2 Å². The fourth-order valence-electron chi connectivity index (χ4n) is 3.75. The fourth-order valence-corrected chi connectivity index (χ4v) is 3.84. The normalized spacial score (nSPS) is 15.2. The van der Waals surface area contributed by atoms with Crippen LogP contribution in [0.15, 0.2) is 70.0 Å². The molecule has 0 aromatic heterocycles. The van der Waals surface area contributed by atoms with Crippen LogP contribution in [0.25, 0.3) is 11.6 Å². The van der Waals surface area contributed by atoms with Crippen LogP contribution < -0.4 is 26.2 Å². The van der Waals surface area contributed by atoms with E-state index in [1.165, 1.54) is 24.0 Å². The number of aliphatic imine (C=N–C) groups is 1. The maximum atomic E-state index is 6.39. The summed E-state index contributed by atoms with van der Waals surface area (Å²) in [5.41, 5.74) is 9.38. The highest BCUT2D eigenvalue weighted by atomic mass is 35.5. The third-order valence-corrected chi connectivity index (χ3v) is 6.61. The van der Waals surface area contributed by atoms with E-state index in [0.29, 0.717) is 17.0 Å². The minimum absolute atomic E-state index is 0.336. The standard InChI is InChI=1S/C29H38ClN5O/c1-6-20(2)15-16-33-29(30)21(3)36-26-13-14-27(28(18-26)35(5)25-11-12-25)23(19-32-4)17-22-7-9-24(34-31)10-8-22/h7-10,13-18,25,32,34H,6,11-12,19,31H2,1-5H3/b20-15?,23-17+,29-21+,33-16-. The van der Waals surface area contributed by atoms with E-state index in [1.807, 2.05) is 38.2 Å². The van der Waals surface area contributed by atoms with Crippen molar-refractivity contribution in [1.29, 1.82) is 0 Å². The first-order chi connectivity index (χ1) is 17.4. The third kappa shape index (κ3) is 7.72. The molecule has 1 fully saturated rings. The number of ether oxygens (including phenoxy) is 1. The van der Waals surface area contributed by atoms with Crippen molar-refractivity contribution in [2.45, 2.75) is 46.1 Å². The van der Waals surface area contributed by atoms with E-state index in [4.69, 9.17) is 22.2 Å². The molecule has 0 heterocycles. The average Bonchev–Trinajstić information content (AvgIpc) is 3.74. The molecule has 4 N–H and O–H groups in total. The zero-order chi connectivity index (χ0) is 26.1. The van der Waals surface area contributed by atoms with E-state index >= 15 is 0 Å².